The van der Waals surface area contributed by atoms with Gasteiger partial charge in [-0.2, -0.15) is 0 Å². The Hall–Kier alpha value is -2.84. The van der Waals surface area contributed by atoms with Gasteiger partial charge < -0.3 is 4.74 Å². The van der Waals surface area contributed by atoms with Gasteiger partial charge in [0.2, 0.25) is 0 Å². The van der Waals surface area contributed by atoms with Crippen molar-refractivity contribution >= 4 is 34.9 Å². The number of hydrogen-bond acceptors (Lipinski definition) is 6. The molecule has 0 bridgehead atoms. The number of hydrogen-bond donors (Lipinski definition) is 2. The lowest BCUT2D eigenvalue weighted by molar-refractivity contribution is -0.128. The predicted octanol–water partition coefficient (Wildman–Crippen LogP) is 4.59. The predicted molar refractivity (Wildman–Crippen MR) is 124 cm³/mol. The number of aryl methyl sites for hydroxylation is 2. The van der Waals surface area contributed by atoms with Gasteiger partial charge in [0.05, 0.1) is 16.3 Å². The highest BCUT2D eigenvalue weighted by Crippen LogP contribution is 2.27. The van der Waals surface area contributed by atoms with E-state index < -0.39 is 12.0 Å². The van der Waals surface area contributed by atoms with Crippen molar-refractivity contribution in [2.75, 3.05) is 0 Å². The number of thiazole rings is 1. The quantitative estimate of drug-likeness (QED) is 0.402. The van der Waals surface area contributed by atoms with Crippen LogP contribution < -0.4 is 15.6 Å². The van der Waals surface area contributed by atoms with E-state index in [1.807, 2.05) is 56.5 Å². The van der Waals surface area contributed by atoms with Gasteiger partial charge in [-0.05, 0) is 57.0 Å². The third-order valence-corrected chi connectivity index (χ3v) is 6.63. The molecule has 1 unspecified atom stereocenters. The van der Waals surface area contributed by atoms with E-state index in [1.165, 1.54) is 11.8 Å². The van der Waals surface area contributed by atoms with E-state index in [4.69, 9.17) is 4.74 Å². The molecule has 31 heavy (non-hydrogen) atoms. The van der Waals surface area contributed by atoms with Crippen molar-refractivity contribution in [3.63, 3.8) is 0 Å². The summed E-state index contributed by atoms with van der Waals surface area (Å²) >= 11 is 3.14. The van der Waals surface area contributed by atoms with Crippen molar-refractivity contribution in [3.05, 3.63) is 75.2 Å². The van der Waals surface area contributed by atoms with Crippen molar-refractivity contribution in [1.82, 2.24) is 15.8 Å². The molecule has 2 amide bonds. The number of ether oxygens (including phenoxy) is 1. The molecule has 6 nitrogen and oxygen atoms in total. The highest BCUT2D eigenvalue weighted by atomic mass is 32.2. The van der Waals surface area contributed by atoms with Crippen LogP contribution in [-0.2, 0) is 10.5 Å². The molecule has 0 fully saturated rings. The first-order valence-electron chi connectivity index (χ1n) is 9.81. The van der Waals surface area contributed by atoms with Gasteiger partial charge in [0.1, 0.15) is 5.75 Å². The fraction of sp³-hybridized carbons (Fsp3) is 0.261. The van der Waals surface area contributed by atoms with Crippen molar-refractivity contribution in [2.24, 2.45) is 0 Å². The van der Waals surface area contributed by atoms with Gasteiger partial charge in [-0.15, -0.1) is 23.1 Å². The topological polar surface area (TPSA) is 80.3 Å². The maximum atomic E-state index is 12.7. The second-order valence-corrected chi connectivity index (χ2v) is 9.12. The number of nitrogens with one attached hydrogen (secondary N) is 2. The van der Waals surface area contributed by atoms with Crippen molar-refractivity contribution < 1.29 is 14.3 Å². The Morgan fingerprint density at radius 3 is 2.61 bits per heavy atom. The Balaban J connectivity index is 1.57. The van der Waals surface area contributed by atoms with Crippen LogP contribution in [-0.4, -0.2) is 22.9 Å². The van der Waals surface area contributed by atoms with Gasteiger partial charge in [-0.25, -0.2) is 4.98 Å². The molecule has 0 radical (unpaired) electrons. The van der Waals surface area contributed by atoms with E-state index in [0.29, 0.717) is 17.1 Å². The Kier molecular flexibility index (Phi) is 7.70. The largest absolute Gasteiger partial charge is 0.481 e. The molecule has 0 aliphatic rings. The summed E-state index contributed by atoms with van der Waals surface area (Å²) in [4.78, 5) is 30.4. The van der Waals surface area contributed by atoms with Crippen molar-refractivity contribution in [1.29, 1.82) is 0 Å². The summed E-state index contributed by atoms with van der Waals surface area (Å²) in [6.07, 6.45) is -0.765. The number of aromatic nitrogens is 1. The van der Waals surface area contributed by atoms with Gasteiger partial charge in [0.15, 0.2) is 6.10 Å². The Labute approximate surface area is 190 Å². The summed E-state index contributed by atoms with van der Waals surface area (Å²) in [5, 5.41) is 3.03. The van der Waals surface area contributed by atoms with Crippen LogP contribution in [0.25, 0.3) is 0 Å². The van der Waals surface area contributed by atoms with E-state index in [0.717, 1.165) is 26.7 Å². The van der Waals surface area contributed by atoms with E-state index in [1.54, 1.807) is 30.4 Å². The van der Waals surface area contributed by atoms with E-state index in [2.05, 4.69) is 15.8 Å². The minimum Gasteiger partial charge on any atom is -0.481 e. The Morgan fingerprint density at radius 2 is 1.87 bits per heavy atom. The van der Waals surface area contributed by atoms with Crippen LogP contribution in [0.1, 0.15) is 39.1 Å². The molecular formula is C23H25N3O3S2. The summed E-state index contributed by atoms with van der Waals surface area (Å²) in [5.41, 5.74) is 8.48. The zero-order chi connectivity index (χ0) is 22.4. The van der Waals surface area contributed by atoms with Crippen LogP contribution in [0.3, 0.4) is 0 Å². The normalized spacial score (nSPS) is 11.6. The minimum atomic E-state index is -0.765. The maximum Gasteiger partial charge on any atom is 0.279 e. The summed E-state index contributed by atoms with van der Waals surface area (Å²) < 4.78 is 5.77. The maximum absolute atomic E-state index is 12.7. The van der Waals surface area contributed by atoms with Gasteiger partial charge in [-0.1, -0.05) is 24.3 Å². The SMILES string of the molecule is Cc1nc(CSc2ccccc2C(=O)NNC(=O)C(C)Oc2cccc(C)c2C)cs1. The molecule has 0 spiro atoms. The summed E-state index contributed by atoms with van der Waals surface area (Å²) in [6, 6.07) is 13.0. The molecule has 3 aromatic rings. The van der Waals surface area contributed by atoms with Crippen molar-refractivity contribution in [3.8, 4) is 5.75 Å². The highest BCUT2D eigenvalue weighted by Gasteiger charge is 2.18. The standard InChI is InChI=1S/C23H25N3O3S2/c1-14-8-7-10-20(15(14)2)29-16(3)22(27)25-26-23(28)19-9-5-6-11-21(19)31-13-18-12-30-17(4)24-18/h5-12,16H,13H2,1-4H3,(H,25,27)(H,26,28). The van der Waals surface area contributed by atoms with Crippen LogP contribution >= 0.6 is 23.1 Å². The number of nitrogens with zero attached hydrogens (tertiary/aromatic N) is 1. The second-order valence-electron chi connectivity index (χ2n) is 7.04. The third-order valence-electron chi connectivity index (χ3n) is 4.70. The molecule has 1 heterocycles. The Bertz CT molecular complexity index is 1080. The Morgan fingerprint density at radius 1 is 1.10 bits per heavy atom. The smallest absolute Gasteiger partial charge is 0.279 e. The number of rotatable bonds is 7. The van der Waals surface area contributed by atoms with Gasteiger partial charge in [-0.3, -0.25) is 20.4 Å². The average molecular weight is 456 g/mol. The molecule has 0 saturated carbocycles. The second kappa shape index (κ2) is 10.5. The van der Waals surface area contributed by atoms with Crippen LogP contribution in [0.4, 0.5) is 0 Å². The molecule has 0 aliphatic carbocycles. The zero-order valence-corrected chi connectivity index (χ0v) is 19.5. The lowest BCUT2D eigenvalue weighted by Gasteiger charge is -2.17. The van der Waals surface area contributed by atoms with E-state index in [9.17, 15) is 9.59 Å². The lowest BCUT2D eigenvalue weighted by Crippen LogP contribution is -2.47. The average Bonchev–Trinajstić information content (AvgIpc) is 3.18. The molecule has 2 N–H and O–H groups in total. The number of benzene rings is 2. The van der Waals surface area contributed by atoms with E-state index >= 15 is 0 Å². The fourth-order valence-electron chi connectivity index (χ4n) is 2.79. The van der Waals surface area contributed by atoms with Crippen molar-refractivity contribution in [2.45, 2.75) is 44.4 Å². The van der Waals surface area contributed by atoms with E-state index in [-0.39, 0.29) is 5.91 Å². The minimum absolute atomic E-state index is 0.384. The molecule has 162 valence electrons. The first kappa shape index (κ1) is 22.8. The zero-order valence-electron chi connectivity index (χ0n) is 17.9. The molecule has 2 aromatic carbocycles. The summed E-state index contributed by atoms with van der Waals surface area (Å²) in [6.45, 7) is 7.54. The van der Waals surface area contributed by atoms with Crippen LogP contribution in [0, 0.1) is 20.8 Å². The lowest BCUT2D eigenvalue weighted by atomic mass is 10.1. The number of hydrazine groups is 1. The number of carbonyl (C=O) groups excluding carboxylic acids is 2. The highest BCUT2D eigenvalue weighted by molar-refractivity contribution is 7.98. The molecule has 8 heteroatoms. The first-order chi connectivity index (χ1) is 14.8. The molecule has 3 rings (SSSR count). The molecular weight excluding hydrogens is 430 g/mol. The fourth-order valence-corrected chi connectivity index (χ4v) is 4.45. The van der Waals surface area contributed by atoms with Gasteiger partial charge >= 0.3 is 0 Å². The third kappa shape index (κ3) is 6.08. The summed E-state index contributed by atoms with van der Waals surface area (Å²) in [5.74, 6) is 0.497. The van der Waals surface area contributed by atoms with Crippen LogP contribution in [0.2, 0.25) is 0 Å². The number of thioether (sulfide) groups is 1. The van der Waals surface area contributed by atoms with Crippen LogP contribution in [0.15, 0.2) is 52.7 Å². The number of amides is 2. The first-order valence-corrected chi connectivity index (χ1v) is 11.7. The number of carbonyl (C=O) groups is 2. The van der Waals surface area contributed by atoms with Crippen LogP contribution in [0.5, 0.6) is 5.75 Å². The molecule has 0 aliphatic heterocycles. The summed E-state index contributed by atoms with van der Waals surface area (Å²) in [7, 11) is 0. The molecule has 1 aromatic heterocycles. The monoisotopic (exact) mass is 455 g/mol. The molecule has 0 saturated heterocycles. The van der Waals surface area contributed by atoms with Gasteiger partial charge in [0.25, 0.3) is 11.8 Å². The van der Waals surface area contributed by atoms with Gasteiger partial charge in [0, 0.05) is 16.0 Å². The molecule has 1 atom stereocenters.